The van der Waals surface area contributed by atoms with E-state index in [9.17, 15) is 9.18 Å². The number of aryl methyl sites for hydroxylation is 1. The standard InChI is InChI=1S/C18H20FN3O/c1-22-10-9-20-18(22)17(14-7-4-8-15(19)12-14)21-16(23)11-13-5-2-3-6-13/h2,4-5,7-10,12-13,17H,3,6,11H2,1H3,(H,21,23)/t13-,17-/m0/s1. The lowest BCUT2D eigenvalue weighted by atomic mass is 10.0. The Morgan fingerprint density at radius 3 is 3.04 bits per heavy atom. The molecule has 2 atom stereocenters. The van der Waals surface area contributed by atoms with Crippen LogP contribution in [0.4, 0.5) is 4.39 Å². The second-order valence-corrected chi connectivity index (χ2v) is 5.92. The second kappa shape index (κ2) is 6.77. The number of rotatable bonds is 5. The molecule has 5 heteroatoms. The molecule has 0 saturated heterocycles. The summed E-state index contributed by atoms with van der Waals surface area (Å²) in [7, 11) is 1.86. The lowest BCUT2D eigenvalue weighted by molar-refractivity contribution is -0.122. The topological polar surface area (TPSA) is 46.9 Å². The maximum Gasteiger partial charge on any atom is 0.221 e. The number of nitrogens with one attached hydrogen (secondary N) is 1. The van der Waals surface area contributed by atoms with Crippen molar-refractivity contribution >= 4 is 5.91 Å². The zero-order chi connectivity index (χ0) is 16.2. The smallest absolute Gasteiger partial charge is 0.221 e. The van der Waals surface area contributed by atoms with Gasteiger partial charge in [0.2, 0.25) is 5.91 Å². The van der Waals surface area contributed by atoms with E-state index in [0.29, 0.717) is 23.7 Å². The molecule has 1 N–H and O–H groups in total. The molecule has 0 unspecified atom stereocenters. The van der Waals surface area contributed by atoms with E-state index in [1.807, 2.05) is 17.8 Å². The van der Waals surface area contributed by atoms with Crippen molar-refractivity contribution in [2.75, 3.05) is 0 Å². The predicted octanol–water partition coefficient (Wildman–Crippen LogP) is 3.12. The summed E-state index contributed by atoms with van der Waals surface area (Å²) in [5, 5.41) is 3.01. The molecular formula is C18H20FN3O. The van der Waals surface area contributed by atoms with Crippen LogP contribution in [-0.2, 0) is 11.8 Å². The third-order valence-corrected chi connectivity index (χ3v) is 4.16. The monoisotopic (exact) mass is 313 g/mol. The molecule has 0 fully saturated rings. The molecule has 1 aliphatic carbocycles. The Labute approximate surface area is 135 Å². The van der Waals surface area contributed by atoms with Crippen LogP contribution in [0.3, 0.4) is 0 Å². The van der Waals surface area contributed by atoms with Crippen molar-refractivity contribution in [2.45, 2.75) is 25.3 Å². The first-order chi connectivity index (χ1) is 11.1. The van der Waals surface area contributed by atoms with Crippen LogP contribution in [0.25, 0.3) is 0 Å². The summed E-state index contributed by atoms with van der Waals surface area (Å²) in [4.78, 5) is 16.7. The van der Waals surface area contributed by atoms with Crippen molar-refractivity contribution in [1.29, 1.82) is 0 Å². The number of benzene rings is 1. The van der Waals surface area contributed by atoms with Gasteiger partial charge in [-0.05, 0) is 36.5 Å². The highest BCUT2D eigenvalue weighted by molar-refractivity contribution is 5.77. The number of allylic oxidation sites excluding steroid dienone is 2. The van der Waals surface area contributed by atoms with Crippen LogP contribution >= 0.6 is 0 Å². The first-order valence-corrected chi connectivity index (χ1v) is 7.82. The number of halogens is 1. The highest BCUT2D eigenvalue weighted by Gasteiger charge is 2.23. The van der Waals surface area contributed by atoms with Gasteiger partial charge < -0.3 is 9.88 Å². The predicted molar refractivity (Wildman–Crippen MR) is 86.1 cm³/mol. The van der Waals surface area contributed by atoms with Crippen LogP contribution in [0.5, 0.6) is 0 Å². The molecule has 0 aliphatic heterocycles. The minimum atomic E-state index is -0.455. The molecule has 1 aromatic carbocycles. The molecular weight excluding hydrogens is 293 g/mol. The van der Waals surface area contributed by atoms with Crippen LogP contribution < -0.4 is 5.32 Å². The van der Waals surface area contributed by atoms with E-state index in [0.717, 1.165) is 12.8 Å². The van der Waals surface area contributed by atoms with Gasteiger partial charge in [0.05, 0.1) is 0 Å². The fraction of sp³-hybridized carbons (Fsp3) is 0.333. The molecule has 0 spiro atoms. The van der Waals surface area contributed by atoms with Crippen molar-refractivity contribution in [1.82, 2.24) is 14.9 Å². The van der Waals surface area contributed by atoms with E-state index in [2.05, 4.69) is 22.5 Å². The molecule has 120 valence electrons. The number of hydrogen-bond donors (Lipinski definition) is 1. The average molecular weight is 313 g/mol. The second-order valence-electron chi connectivity index (χ2n) is 5.92. The van der Waals surface area contributed by atoms with E-state index in [1.54, 1.807) is 18.3 Å². The zero-order valence-electron chi connectivity index (χ0n) is 13.1. The van der Waals surface area contributed by atoms with E-state index < -0.39 is 6.04 Å². The quantitative estimate of drug-likeness (QED) is 0.862. The van der Waals surface area contributed by atoms with Crippen LogP contribution in [0, 0.1) is 11.7 Å². The third-order valence-electron chi connectivity index (χ3n) is 4.16. The largest absolute Gasteiger partial charge is 0.342 e. The highest BCUT2D eigenvalue weighted by atomic mass is 19.1. The van der Waals surface area contributed by atoms with Gasteiger partial charge >= 0.3 is 0 Å². The lowest BCUT2D eigenvalue weighted by Crippen LogP contribution is -2.32. The maximum atomic E-state index is 13.6. The van der Waals surface area contributed by atoms with E-state index in [1.165, 1.54) is 12.1 Å². The average Bonchev–Trinajstić information content (AvgIpc) is 3.16. The summed E-state index contributed by atoms with van der Waals surface area (Å²) in [6, 6.07) is 5.83. The first-order valence-electron chi connectivity index (χ1n) is 7.82. The molecule has 1 aliphatic rings. The molecule has 3 rings (SSSR count). The summed E-state index contributed by atoms with van der Waals surface area (Å²) < 4.78 is 15.4. The Hall–Kier alpha value is -2.43. The van der Waals surface area contributed by atoms with Crippen molar-refractivity contribution < 1.29 is 9.18 Å². The summed E-state index contributed by atoms with van der Waals surface area (Å²) in [5.74, 6) is 0.615. The minimum absolute atomic E-state index is 0.0428. The summed E-state index contributed by atoms with van der Waals surface area (Å²) in [6.07, 6.45) is 10.2. The number of aromatic nitrogens is 2. The molecule has 0 radical (unpaired) electrons. The number of carbonyl (C=O) groups excluding carboxylic acids is 1. The Bertz CT molecular complexity index is 723. The Morgan fingerprint density at radius 2 is 2.39 bits per heavy atom. The highest BCUT2D eigenvalue weighted by Crippen LogP contribution is 2.24. The SMILES string of the molecule is Cn1ccnc1[C@@H](NC(=O)C[C@H]1C=CCC1)c1cccc(F)c1. The number of amides is 1. The van der Waals surface area contributed by atoms with Crippen molar-refractivity contribution in [3.05, 3.63) is 66.0 Å². The van der Waals surface area contributed by atoms with Gasteiger partial charge in [0, 0.05) is 25.9 Å². The Kier molecular flexibility index (Phi) is 4.55. The molecule has 0 bridgehead atoms. The van der Waals surface area contributed by atoms with Gasteiger partial charge in [-0.1, -0.05) is 24.3 Å². The van der Waals surface area contributed by atoms with Gasteiger partial charge in [0.25, 0.3) is 0 Å². The number of carbonyl (C=O) groups is 1. The molecule has 1 heterocycles. The molecule has 2 aromatic rings. The van der Waals surface area contributed by atoms with E-state index >= 15 is 0 Å². The van der Waals surface area contributed by atoms with Crippen molar-refractivity contribution in [2.24, 2.45) is 13.0 Å². The van der Waals surface area contributed by atoms with E-state index in [4.69, 9.17) is 0 Å². The van der Waals surface area contributed by atoms with Gasteiger partial charge in [0.15, 0.2) is 0 Å². The summed E-state index contributed by atoms with van der Waals surface area (Å²) in [5.41, 5.74) is 0.689. The van der Waals surface area contributed by atoms with Crippen LogP contribution in [0.15, 0.2) is 48.8 Å². The Morgan fingerprint density at radius 1 is 1.52 bits per heavy atom. The number of nitrogens with zero attached hydrogens (tertiary/aromatic N) is 2. The normalized spacial score (nSPS) is 18.1. The molecule has 23 heavy (non-hydrogen) atoms. The fourth-order valence-corrected chi connectivity index (χ4v) is 2.96. The van der Waals surface area contributed by atoms with Crippen LogP contribution in [0.2, 0.25) is 0 Å². The van der Waals surface area contributed by atoms with Crippen molar-refractivity contribution in [3.63, 3.8) is 0 Å². The molecule has 1 aromatic heterocycles. The number of imidazole rings is 1. The van der Waals surface area contributed by atoms with Gasteiger partial charge in [0.1, 0.15) is 17.7 Å². The summed E-state index contributed by atoms with van der Waals surface area (Å²) >= 11 is 0. The van der Waals surface area contributed by atoms with Crippen LogP contribution in [-0.4, -0.2) is 15.5 Å². The Balaban J connectivity index is 1.82. The van der Waals surface area contributed by atoms with E-state index in [-0.39, 0.29) is 11.7 Å². The molecule has 0 saturated carbocycles. The zero-order valence-corrected chi connectivity index (χ0v) is 13.1. The molecule has 1 amide bonds. The lowest BCUT2D eigenvalue weighted by Gasteiger charge is -2.20. The minimum Gasteiger partial charge on any atom is -0.342 e. The summed E-state index contributed by atoms with van der Waals surface area (Å²) in [6.45, 7) is 0. The van der Waals surface area contributed by atoms with Gasteiger partial charge in [-0.15, -0.1) is 0 Å². The van der Waals surface area contributed by atoms with Crippen LogP contribution in [0.1, 0.15) is 36.7 Å². The van der Waals surface area contributed by atoms with Gasteiger partial charge in [-0.25, -0.2) is 9.37 Å². The number of hydrogen-bond acceptors (Lipinski definition) is 2. The maximum absolute atomic E-state index is 13.6. The van der Waals surface area contributed by atoms with Crippen molar-refractivity contribution in [3.8, 4) is 0 Å². The third kappa shape index (κ3) is 3.67. The van der Waals surface area contributed by atoms with Gasteiger partial charge in [-0.2, -0.15) is 0 Å². The fourth-order valence-electron chi connectivity index (χ4n) is 2.96. The first kappa shape index (κ1) is 15.5. The molecule has 4 nitrogen and oxygen atoms in total. The van der Waals surface area contributed by atoms with Gasteiger partial charge in [-0.3, -0.25) is 4.79 Å².